The molecule has 0 atom stereocenters. The Balaban J connectivity index is 2.12. The summed E-state index contributed by atoms with van der Waals surface area (Å²) in [7, 11) is 1.42. The molecule has 76 valence electrons. The minimum atomic E-state index is -0.119. The van der Waals surface area contributed by atoms with Gasteiger partial charge in [0.1, 0.15) is 0 Å². The van der Waals surface area contributed by atoms with Crippen molar-refractivity contribution in [1.82, 2.24) is 0 Å². The third kappa shape index (κ3) is 3.77. The number of esters is 1. The molecule has 1 N–H and O–H groups in total. The molecule has 13 heavy (non-hydrogen) atoms. The number of aliphatic hydroxyl groups excluding tert-OH is 1. The lowest BCUT2D eigenvalue weighted by molar-refractivity contribution is -0.141. The minimum absolute atomic E-state index is 0.102. The molecule has 0 spiro atoms. The van der Waals surface area contributed by atoms with Crippen LogP contribution < -0.4 is 0 Å². The summed E-state index contributed by atoms with van der Waals surface area (Å²) in [6.45, 7) is 0. The number of hydrogen-bond donors (Lipinski definition) is 1. The van der Waals surface area contributed by atoms with Crippen LogP contribution in [0.4, 0.5) is 0 Å². The quantitative estimate of drug-likeness (QED) is 0.679. The number of carbonyl (C=O) groups excluding carboxylic acids is 1. The van der Waals surface area contributed by atoms with E-state index in [9.17, 15) is 9.90 Å². The van der Waals surface area contributed by atoms with E-state index in [1.54, 1.807) is 0 Å². The third-order valence-electron chi connectivity index (χ3n) is 2.80. The maximum atomic E-state index is 10.8. The number of aliphatic hydroxyl groups is 1. The van der Waals surface area contributed by atoms with Crippen LogP contribution in [-0.4, -0.2) is 24.3 Å². The molecule has 0 radical (unpaired) electrons. The summed E-state index contributed by atoms with van der Waals surface area (Å²) in [6.07, 6.45) is 5.24. The summed E-state index contributed by atoms with van der Waals surface area (Å²) >= 11 is 0. The lowest BCUT2D eigenvalue weighted by Gasteiger charge is -2.24. The van der Waals surface area contributed by atoms with Crippen molar-refractivity contribution in [2.24, 2.45) is 5.92 Å². The summed E-state index contributed by atoms with van der Waals surface area (Å²) in [5.41, 5.74) is 0. The van der Waals surface area contributed by atoms with Gasteiger partial charge in [-0.2, -0.15) is 0 Å². The van der Waals surface area contributed by atoms with E-state index in [2.05, 4.69) is 4.74 Å². The summed E-state index contributed by atoms with van der Waals surface area (Å²) in [5.74, 6) is 0.494. The maximum Gasteiger partial charge on any atom is 0.305 e. The molecule has 1 aliphatic carbocycles. The van der Waals surface area contributed by atoms with Crippen molar-refractivity contribution in [3.8, 4) is 0 Å². The van der Waals surface area contributed by atoms with Gasteiger partial charge in [-0.25, -0.2) is 0 Å². The van der Waals surface area contributed by atoms with Crippen LogP contribution in [0.25, 0.3) is 0 Å². The second-order valence-electron chi connectivity index (χ2n) is 3.79. The van der Waals surface area contributed by atoms with Gasteiger partial charge in [0, 0.05) is 6.42 Å². The van der Waals surface area contributed by atoms with Gasteiger partial charge in [0.25, 0.3) is 0 Å². The minimum Gasteiger partial charge on any atom is -0.469 e. The fraction of sp³-hybridized carbons (Fsp3) is 0.900. The smallest absolute Gasteiger partial charge is 0.305 e. The van der Waals surface area contributed by atoms with Crippen molar-refractivity contribution < 1.29 is 14.6 Å². The SMILES string of the molecule is COC(=O)CC[C@H]1CC[C@@H](O)CC1. The zero-order valence-corrected chi connectivity index (χ0v) is 8.16. The van der Waals surface area contributed by atoms with Crippen molar-refractivity contribution in [3.63, 3.8) is 0 Å². The lowest BCUT2D eigenvalue weighted by atomic mass is 9.85. The highest BCUT2D eigenvalue weighted by Gasteiger charge is 2.19. The average molecular weight is 186 g/mol. The largest absolute Gasteiger partial charge is 0.469 e. The summed E-state index contributed by atoms with van der Waals surface area (Å²) in [6, 6.07) is 0. The van der Waals surface area contributed by atoms with E-state index >= 15 is 0 Å². The molecule has 0 aliphatic heterocycles. The Hall–Kier alpha value is -0.570. The van der Waals surface area contributed by atoms with E-state index in [0.29, 0.717) is 12.3 Å². The predicted octanol–water partition coefficient (Wildman–Crippen LogP) is 1.49. The molecule has 3 heteroatoms. The van der Waals surface area contributed by atoms with Gasteiger partial charge in [-0.15, -0.1) is 0 Å². The van der Waals surface area contributed by atoms with Crippen molar-refractivity contribution in [3.05, 3.63) is 0 Å². The summed E-state index contributed by atoms with van der Waals surface area (Å²) in [5, 5.41) is 9.26. The molecule has 0 bridgehead atoms. The zero-order chi connectivity index (χ0) is 9.68. The Morgan fingerprint density at radius 1 is 1.38 bits per heavy atom. The molecule has 3 nitrogen and oxygen atoms in total. The molecule has 1 saturated carbocycles. The van der Waals surface area contributed by atoms with Crippen LogP contribution in [0, 0.1) is 5.92 Å². The fourth-order valence-corrected chi connectivity index (χ4v) is 1.86. The van der Waals surface area contributed by atoms with Crippen LogP contribution in [0.15, 0.2) is 0 Å². The first-order valence-electron chi connectivity index (χ1n) is 4.97. The van der Waals surface area contributed by atoms with Crippen LogP contribution in [-0.2, 0) is 9.53 Å². The number of carbonyl (C=O) groups is 1. The highest BCUT2D eigenvalue weighted by molar-refractivity contribution is 5.69. The van der Waals surface area contributed by atoms with Crippen molar-refractivity contribution in [2.45, 2.75) is 44.6 Å². The Morgan fingerprint density at radius 2 is 2.00 bits per heavy atom. The van der Waals surface area contributed by atoms with Crippen LogP contribution in [0.3, 0.4) is 0 Å². The highest BCUT2D eigenvalue weighted by Crippen LogP contribution is 2.27. The molecule has 0 unspecified atom stereocenters. The Morgan fingerprint density at radius 3 is 2.54 bits per heavy atom. The van der Waals surface area contributed by atoms with E-state index in [0.717, 1.165) is 32.1 Å². The van der Waals surface area contributed by atoms with Crippen molar-refractivity contribution in [1.29, 1.82) is 0 Å². The summed E-state index contributed by atoms with van der Waals surface area (Å²) < 4.78 is 4.57. The Labute approximate surface area is 79.1 Å². The highest BCUT2D eigenvalue weighted by atomic mass is 16.5. The number of methoxy groups -OCH3 is 1. The van der Waals surface area contributed by atoms with Gasteiger partial charge in [-0.3, -0.25) is 4.79 Å². The second kappa shape index (κ2) is 5.22. The Bertz CT molecular complexity index is 160. The van der Waals surface area contributed by atoms with Crippen molar-refractivity contribution in [2.75, 3.05) is 7.11 Å². The molecule has 0 heterocycles. The van der Waals surface area contributed by atoms with E-state index in [-0.39, 0.29) is 12.1 Å². The third-order valence-corrected chi connectivity index (χ3v) is 2.80. The van der Waals surface area contributed by atoms with E-state index in [1.165, 1.54) is 7.11 Å². The van der Waals surface area contributed by atoms with Gasteiger partial charge < -0.3 is 9.84 Å². The van der Waals surface area contributed by atoms with Gasteiger partial charge in [0.2, 0.25) is 0 Å². The number of rotatable bonds is 3. The second-order valence-corrected chi connectivity index (χ2v) is 3.79. The molecule has 0 aromatic rings. The van der Waals surface area contributed by atoms with Gasteiger partial charge in [-0.1, -0.05) is 0 Å². The van der Waals surface area contributed by atoms with Crippen LogP contribution >= 0.6 is 0 Å². The molecule has 1 rings (SSSR count). The van der Waals surface area contributed by atoms with Gasteiger partial charge >= 0.3 is 5.97 Å². The predicted molar refractivity (Wildman–Crippen MR) is 49.2 cm³/mol. The van der Waals surface area contributed by atoms with Crippen LogP contribution in [0.5, 0.6) is 0 Å². The summed E-state index contributed by atoms with van der Waals surface area (Å²) in [4.78, 5) is 10.8. The molecule has 0 aromatic carbocycles. The molecule has 0 saturated heterocycles. The van der Waals surface area contributed by atoms with Gasteiger partial charge in [0.05, 0.1) is 13.2 Å². The van der Waals surface area contributed by atoms with E-state index < -0.39 is 0 Å². The first-order valence-corrected chi connectivity index (χ1v) is 4.97. The fourth-order valence-electron chi connectivity index (χ4n) is 1.86. The Kier molecular flexibility index (Phi) is 4.22. The molecular weight excluding hydrogens is 168 g/mol. The maximum absolute atomic E-state index is 10.8. The van der Waals surface area contributed by atoms with Crippen molar-refractivity contribution >= 4 is 5.97 Å². The topological polar surface area (TPSA) is 46.5 Å². The molecule has 0 amide bonds. The van der Waals surface area contributed by atoms with E-state index in [1.807, 2.05) is 0 Å². The molecule has 1 aliphatic rings. The molecule has 0 aromatic heterocycles. The first-order chi connectivity index (χ1) is 6.22. The van der Waals surface area contributed by atoms with Gasteiger partial charge in [0.15, 0.2) is 0 Å². The number of ether oxygens (including phenoxy) is 1. The first kappa shape index (κ1) is 10.5. The molecule has 1 fully saturated rings. The molecular formula is C10H18O3. The number of hydrogen-bond acceptors (Lipinski definition) is 3. The van der Waals surface area contributed by atoms with Gasteiger partial charge in [-0.05, 0) is 38.0 Å². The normalized spacial score (nSPS) is 28.5. The average Bonchev–Trinajstić information content (AvgIpc) is 2.16. The standard InChI is InChI=1S/C10H18O3/c1-13-10(12)7-4-8-2-5-9(11)6-3-8/h8-9,11H,2-7H2,1H3/t8-,9+. The van der Waals surface area contributed by atoms with E-state index in [4.69, 9.17) is 0 Å². The lowest BCUT2D eigenvalue weighted by Crippen LogP contribution is -2.18. The monoisotopic (exact) mass is 186 g/mol. The zero-order valence-electron chi connectivity index (χ0n) is 8.16. The van der Waals surface area contributed by atoms with Crippen LogP contribution in [0.1, 0.15) is 38.5 Å². The van der Waals surface area contributed by atoms with Crippen LogP contribution in [0.2, 0.25) is 0 Å².